The Hall–Kier alpha value is -2.79. The number of pyridine rings is 1. The first kappa shape index (κ1) is 22.4. The molecule has 1 saturated heterocycles. The van der Waals surface area contributed by atoms with Crippen LogP contribution >= 0.6 is 12.2 Å². The summed E-state index contributed by atoms with van der Waals surface area (Å²) in [6.45, 7) is 3.47. The summed E-state index contributed by atoms with van der Waals surface area (Å²) < 4.78 is 33.0. The van der Waals surface area contributed by atoms with Crippen molar-refractivity contribution in [3.63, 3.8) is 0 Å². The van der Waals surface area contributed by atoms with Gasteiger partial charge in [-0.25, -0.2) is 8.42 Å². The van der Waals surface area contributed by atoms with Gasteiger partial charge in [-0.3, -0.25) is 9.88 Å². The van der Waals surface area contributed by atoms with Crippen LogP contribution in [-0.4, -0.2) is 53.9 Å². The number of thiocarbonyl (C=S) groups is 1. The highest BCUT2D eigenvalue weighted by atomic mass is 32.2. The average molecular weight is 472 g/mol. The largest absolute Gasteiger partial charge is 0.468 e. The van der Waals surface area contributed by atoms with E-state index in [0.717, 1.165) is 17.0 Å². The van der Waals surface area contributed by atoms with Gasteiger partial charge in [-0.1, -0.05) is 6.07 Å². The lowest BCUT2D eigenvalue weighted by atomic mass is 10.3. The van der Waals surface area contributed by atoms with Crippen molar-refractivity contribution in [3.05, 3.63) is 78.5 Å². The van der Waals surface area contributed by atoms with E-state index in [0.29, 0.717) is 44.4 Å². The molecule has 0 radical (unpaired) electrons. The van der Waals surface area contributed by atoms with Crippen LogP contribution in [0.5, 0.6) is 0 Å². The Balaban J connectivity index is 1.29. The van der Waals surface area contributed by atoms with E-state index in [4.69, 9.17) is 16.6 Å². The lowest BCUT2D eigenvalue weighted by molar-refractivity contribution is 0.171. The van der Waals surface area contributed by atoms with Crippen LogP contribution in [0.15, 0.2) is 76.5 Å². The molecule has 1 fully saturated rings. The minimum absolute atomic E-state index is 0.275. The van der Waals surface area contributed by atoms with Gasteiger partial charge in [-0.15, -0.1) is 0 Å². The fraction of sp³-hybridized carbons (Fsp3) is 0.273. The number of anilines is 1. The van der Waals surface area contributed by atoms with E-state index in [9.17, 15) is 8.42 Å². The number of nitrogens with zero attached hydrogens (tertiary/aromatic N) is 3. The lowest BCUT2D eigenvalue weighted by Crippen LogP contribution is -2.48. The molecule has 32 heavy (non-hydrogen) atoms. The van der Waals surface area contributed by atoms with Gasteiger partial charge < -0.3 is 15.1 Å². The van der Waals surface area contributed by atoms with E-state index in [2.05, 4.69) is 20.5 Å². The minimum Gasteiger partial charge on any atom is -0.468 e. The summed E-state index contributed by atoms with van der Waals surface area (Å²) in [7, 11) is -3.54. The highest BCUT2D eigenvalue weighted by Gasteiger charge is 2.28. The molecule has 0 unspecified atom stereocenters. The zero-order chi connectivity index (χ0) is 22.4. The molecule has 0 spiro atoms. The highest BCUT2D eigenvalue weighted by molar-refractivity contribution is 7.89. The number of aromatic nitrogens is 1. The zero-order valence-electron chi connectivity index (χ0n) is 17.5. The van der Waals surface area contributed by atoms with E-state index in [1.165, 1.54) is 4.31 Å². The van der Waals surface area contributed by atoms with Crippen LogP contribution in [0.1, 0.15) is 11.3 Å². The van der Waals surface area contributed by atoms with Crippen molar-refractivity contribution in [3.8, 4) is 0 Å². The number of furan rings is 1. The van der Waals surface area contributed by atoms with Gasteiger partial charge in [0.2, 0.25) is 10.0 Å². The van der Waals surface area contributed by atoms with Gasteiger partial charge in [0.1, 0.15) is 5.76 Å². The summed E-state index contributed by atoms with van der Waals surface area (Å²) in [6, 6.07) is 14.3. The number of piperazine rings is 1. The second-order valence-corrected chi connectivity index (χ2v) is 9.80. The van der Waals surface area contributed by atoms with Crippen LogP contribution < -0.4 is 10.6 Å². The number of rotatable bonds is 7. The van der Waals surface area contributed by atoms with Crippen LogP contribution in [0.25, 0.3) is 0 Å². The lowest BCUT2D eigenvalue weighted by Gasteiger charge is -2.33. The first-order valence-electron chi connectivity index (χ1n) is 10.3. The molecular weight excluding hydrogens is 446 g/mol. The average Bonchev–Trinajstić information content (AvgIpc) is 3.32. The second kappa shape index (κ2) is 10.2. The smallest absolute Gasteiger partial charge is 0.243 e. The number of nitrogens with one attached hydrogen (secondary N) is 2. The van der Waals surface area contributed by atoms with Crippen molar-refractivity contribution < 1.29 is 12.8 Å². The summed E-state index contributed by atoms with van der Waals surface area (Å²) in [4.78, 5) is 6.53. The highest BCUT2D eigenvalue weighted by Crippen LogP contribution is 2.20. The predicted octanol–water partition coefficient (Wildman–Crippen LogP) is 2.67. The molecule has 1 aliphatic rings. The maximum atomic E-state index is 13.0. The molecule has 1 aliphatic heterocycles. The van der Waals surface area contributed by atoms with Crippen molar-refractivity contribution in [2.45, 2.75) is 18.0 Å². The predicted molar refractivity (Wildman–Crippen MR) is 126 cm³/mol. The third-order valence-electron chi connectivity index (χ3n) is 5.22. The first-order valence-corrected chi connectivity index (χ1v) is 12.1. The van der Waals surface area contributed by atoms with Crippen LogP contribution in [0, 0.1) is 0 Å². The van der Waals surface area contributed by atoms with Gasteiger partial charge >= 0.3 is 0 Å². The van der Waals surface area contributed by atoms with Gasteiger partial charge in [0.25, 0.3) is 0 Å². The van der Waals surface area contributed by atoms with Crippen LogP contribution in [0.2, 0.25) is 0 Å². The maximum Gasteiger partial charge on any atom is 0.243 e. The van der Waals surface area contributed by atoms with Crippen molar-refractivity contribution >= 4 is 33.0 Å². The third-order valence-corrected chi connectivity index (χ3v) is 7.38. The summed E-state index contributed by atoms with van der Waals surface area (Å²) in [5.74, 6) is 0.886. The molecule has 0 saturated carbocycles. The molecule has 2 aromatic heterocycles. The fourth-order valence-electron chi connectivity index (χ4n) is 3.47. The molecule has 4 rings (SSSR count). The molecular formula is C22H25N5O3S2. The molecule has 3 aromatic rings. The fourth-order valence-corrected chi connectivity index (χ4v) is 5.08. The quantitative estimate of drug-likeness (QED) is 0.509. The molecule has 2 N–H and O–H groups in total. The second-order valence-electron chi connectivity index (χ2n) is 7.45. The van der Waals surface area contributed by atoms with Crippen LogP contribution in [-0.2, 0) is 23.1 Å². The van der Waals surface area contributed by atoms with Gasteiger partial charge in [0.05, 0.1) is 17.7 Å². The summed E-state index contributed by atoms with van der Waals surface area (Å²) in [5.41, 5.74) is 1.73. The standard InChI is InChI=1S/C22H25N5O3S2/c28-32(29,27-12-10-26(11-13-27)17-20-4-2-14-30-20)21-7-5-19(6-8-21)25-22(31)24-16-18-3-1-9-23-15-18/h1-9,14-15H,10-13,16-17H2,(H2,24,25,31). The number of hydrogen-bond acceptors (Lipinski definition) is 6. The molecule has 0 bridgehead atoms. The van der Waals surface area contributed by atoms with Crippen molar-refractivity contribution in [2.24, 2.45) is 0 Å². The van der Waals surface area contributed by atoms with Crippen molar-refractivity contribution in [2.75, 3.05) is 31.5 Å². The molecule has 8 nitrogen and oxygen atoms in total. The topological polar surface area (TPSA) is 90.7 Å². The molecule has 10 heteroatoms. The van der Waals surface area contributed by atoms with Gasteiger partial charge in [-0.05, 0) is 60.2 Å². The molecule has 0 aliphatic carbocycles. The molecule has 0 amide bonds. The Morgan fingerprint density at radius 1 is 1.06 bits per heavy atom. The van der Waals surface area contributed by atoms with Crippen molar-refractivity contribution in [1.29, 1.82) is 0 Å². The SMILES string of the molecule is O=S(=O)(c1ccc(NC(=S)NCc2cccnc2)cc1)N1CCN(Cc2ccco2)CC1. The number of benzene rings is 1. The Morgan fingerprint density at radius 2 is 1.84 bits per heavy atom. The van der Waals surface area contributed by atoms with Crippen LogP contribution in [0.3, 0.4) is 0 Å². The Bertz CT molecular complexity index is 1110. The number of sulfonamides is 1. The Labute approximate surface area is 193 Å². The first-order chi connectivity index (χ1) is 15.5. The Morgan fingerprint density at radius 3 is 2.50 bits per heavy atom. The molecule has 3 heterocycles. The monoisotopic (exact) mass is 471 g/mol. The van der Waals surface area contributed by atoms with Gasteiger partial charge in [-0.2, -0.15) is 4.31 Å². The normalized spacial score (nSPS) is 15.4. The third kappa shape index (κ3) is 5.71. The van der Waals surface area contributed by atoms with E-state index < -0.39 is 10.0 Å². The van der Waals surface area contributed by atoms with E-state index >= 15 is 0 Å². The van der Waals surface area contributed by atoms with Gasteiger partial charge in [0.15, 0.2) is 5.11 Å². The molecule has 168 valence electrons. The van der Waals surface area contributed by atoms with E-state index in [1.54, 1.807) is 42.9 Å². The summed E-state index contributed by atoms with van der Waals surface area (Å²) in [5, 5.41) is 6.63. The molecule has 0 atom stereocenters. The van der Waals surface area contributed by atoms with Crippen LogP contribution in [0.4, 0.5) is 5.69 Å². The summed E-state index contributed by atoms with van der Waals surface area (Å²) in [6.07, 6.45) is 5.14. The number of hydrogen-bond donors (Lipinski definition) is 2. The minimum atomic E-state index is -3.54. The van der Waals surface area contributed by atoms with Gasteiger partial charge in [0, 0.05) is 50.8 Å². The van der Waals surface area contributed by atoms with E-state index in [1.807, 2.05) is 24.3 Å². The van der Waals surface area contributed by atoms with E-state index in [-0.39, 0.29) is 4.90 Å². The summed E-state index contributed by atoms with van der Waals surface area (Å²) >= 11 is 5.32. The maximum absolute atomic E-state index is 13.0. The van der Waals surface area contributed by atoms with Crippen molar-refractivity contribution in [1.82, 2.24) is 19.5 Å². The Kier molecular flexibility index (Phi) is 7.15. The molecule has 1 aromatic carbocycles. The zero-order valence-corrected chi connectivity index (χ0v) is 19.1.